The molecule has 24 heavy (non-hydrogen) atoms. The predicted molar refractivity (Wildman–Crippen MR) is 71.0 cm³/mol. The van der Waals surface area contributed by atoms with Crippen molar-refractivity contribution in [3.05, 3.63) is 0 Å². The van der Waals surface area contributed by atoms with Gasteiger partial charge in [-0.1, -0.05) is 0 Å². The first-order valence-electron chi connectivity index (χ1n) is 6.64. The Balaban J connectivity index is 5.37. The molecule has 0 spiro atoms. The van der Waals surface area contributed by atoms with Gasteiger partial charge in [0, 0.05) is 0 Å². The molecule has 0 saturated carbocycles. The number of rotatable bonds is 3. The second-order valence-corrected chi connectivity index (χ2v) is 7.00. The topological polar surface area (TPSA) is 86.7 Å². The highest BCUT2D eigenvalue weighted by molar-refractivity contribution is 5.99. The van der Waals surface area contributed by atoms with Gasteiger partial charge >= 0.3 is 35.7 Å². The molecule has 0 N–H and O–H groups in total. The Kier molecular flexibility index (Phi) is 5.94. The van der Waals surface area contributed by atoms with Crippen LogP contribution in [0.1, 0.15) is 41.5 Å². The van der Waals surface area contributed by atoms with Gasteiger partial charge in [0.15, 0.2) is 0 Å². The Morgan fingerprint density at radius 2 is 0.750 bits per heavy atom. The summed E-state index contributed by atoms with van der Waals surface area (Å²) in [6.45, 7) is 7.14. The number of hydrogen-bond acceptors (Lipinski definition) is 6. The van der Waals surface area contributed by atoms with Crippen molar-refractivity contribution in [3.8, 4) is 0 Å². The van der Waals surface area contributed by atoms with Crippen LogP contribution >= 0.6 is 0 Å². The molecule has 138 valence electrons. The molecule has 0 aliphatic rings. The van der Waals surface area contributed by atoms with Crippen molar-refractivity contribution in [1.82, 2.24) is 0 Å². The lowest BCUT2D eigenvalue weighted by Gasteiger charge is -2.25. The second-order valence-electron chi connectivity index (χ2n) is 7.00. The maximum absolute atomic E-state index is 13.6. The number of alkyl halides is 4. The summed E-state index contributed by atoms with van der Waals surface area (Å²) in [6.07, 6.45) is 0. The summed E-state index contributed by atoms with van der Waals surface area (Å²) in [7, 11) is 0. The van der Waals surface area contributed by atoms with E-state index in [9.17, 15) is 36.7 Å². The van der Waals surface area contributed by atoms with Crippen LogP contribution < -0.4 is 0 Å². The van der Waals surface area contributed by atoms with Crippen molar-refractivity contribution >= 4 is 23.9 Å². The molecule has 0 rings (SSSR count). The Morgan fingerprint density at radius 3 is 0.917 bits per heavy atom. The highest BCUT2D eigenvalue weighted by atomic mass is 19.3. The molecule has 10 heteroatoms. The summed E-state index contributed by atoms with van der Waals surface area (Å²) in [5.74, 6) is -20.3. The van der Waals surface area contributed by atoms with E-state index in [1.807, 2.05) is 0 Å². The molecule has 0 unspecified atom stereocenters. The maximum atomic E-state index is 13.6. The third kappa shape index (κ3) is 4.75. The van der Waals surface area contributed by atoms with Gasteiger partial charge in [-0.25, -0.2) is 9.59 Å². The van der Waals surface area contributed by atoms with Crippen LogP contribution in [0, 0.1) is 10.8 Å². The van der Waals surface area contributed by atoms with Gasteiger partial charge in [-0.3, -0.25) is 9.59 Å². The molecule has 0 saturated heterocycles. The largest absolute Gasteiger partial charge is 0.416 e. The smallest absolute Gasteiger partial charge is 0.388 e. The van der Waals surface area contributed by atoms with Crippen LogP contribution in [0.5, 0.6) is 0 Å². The Labute approximate surface area is 135 Å². The van der Waals surface area contributed by atoms with Gasteiger partial charge in [0.05, 0.1) is 10.8 Å². The average molecular weight is 358 g/mol. The minimum atomic E-state index is -5.71. The Hall–Kier alpha value is -2.00. The van der Waals surface area contributed by atoms with E-state index in [4.69, 9.17) is 0 Å². The molecular weight excluding hydrogens is 340 g/mol. The molecule has 0 aromatic rings. The zero-order chi connectivity index (χ0) is 19.7. The standard InChI is InChI=1S/C14H18F4O6/c1-11(2,3)7(19)23-9(21)13(15,16)14(17,18)10(22)24-8(20)12(4,5)6/h1-6H3. The molecular formula is C14H18F4O6. The van der Waals surface area contributed by atoms with Gasteiger partial charge in [-0.15, -0.1) is 0 Å². The lowest BCUT2D eigenvalue weighted by Crippen LogP contribution is -2.55. The first kappa shape index (κ1) is 22.0. The number of hydrogen-bond donors (Lipinski definition) is 0. The first-order valence-corrected chi connectivity index (χ1v) is 6.64. The van der Waals surface area contributed by atoms with Gasteiger partial charge < -0.3 is 9.47 Å². The summed E-state index contributed by atoms with van der Waals surface area (Å²) < 4.78 is 61.6. The van der Waals surface area contributed by atoms with Crippen LogP contribution in [0.15, 0.2) is 0 Å². The van der Waals surface area contributed by atoms with Crippen LogP contribution in [0.25, 0.3) is 0 Å². The lowest BCUT2D eigenvalue weighted by atomic mass is 9.97. The van der Waals surface area contributed by atoms with Crippen molar-refractivity contribution in [3.63, 3.8) is 0 Å². The number of carbonyl (C=O) groups excluding carboxylic acids is 4. The summed E-state index contributed by atoms with van der Waals surface area (Å²) >= 11 is 0. The summed E-state index contributed by atoms with van der Waals surface area (Å²) in [4.78, 5) is 45.1. The predicted octanol–water partition coefficient (Wildman–Crippen LogP) is 2.49. The van der Waals surface area contributed by atoms with E-state index in [0.29, 0.717) is 0 Å². The van der Waals surface area contributed by atoms with E-state index < -0.39 is 46.6 Å². The van der Waals surface area contributed by atoms with E-state index in [2.05, 4.69) is 9.47 Å². The molecule has 0 aromatic carbocycles. The number of esters is 4. The van der Waals surface area contributed by atoms with Crippen molar-refractivity contribution in [2.75, 3.05) is 0 Å². The maximum Gasteiger partial charge on any atom is 0.416 e. The molecule has 0 fully saturated rings. The minimum Gasteiger partial charge on any atom is -0.388 e. The Bertz CT molecular complexity index is 505. The molecule has 0 aliphatic heterocycles. The highest BCUT2D eigenvalue weighted by Crippen LogP contribution is 2.37. The summed E-state index contributed by atoms with van der Waals surface area (Å²) in [5, 5.41) is 0. The van der Waals surface area contributed by atoms with Crippen LogP contribution in [-0.4, -0.2) is 35.7 Å². The monoisotopic (exact) mass is 358 g/mol. The van der Waals surface area contributed by atoms with Crippen LogP contribution in [0.4, 0.5) is 17.6 Å². The SMILES string of the molecule is CC(C)(C)C(=O)OC(=O)C(F)(F)C(F)(F)C(=O)OC(=O)C(C)(C)C. The van der Waals surface area contributed by atoms with E-state index in [1.54, 1.807) is 0 Å². The average Bonchev–Trinajstić information content (AvgIpc) is 2.35. The number of carbonyl (C=O) groups is 4. The number of halogens is 4. The molecule has 0 aromatic heterocycles. The fourth-order valence-electron chi connectivity index (χ4n) is 0.859. The van der Waals surface area contributed by atoms with Crippen molar-refractivity contribution in [1.29, 1.82) is 0 Å². The first-order chi connectivity index (χ1) is 10.3. The minimum absolute atomic E-state index is 1.19. The highest BCUT2D eigenvalue weighted by Gasteiger charge is 2.70. The molecule has 0 bridgehead atoms. The fourth-order valence-corrected chi connectivity index (χ4v) is 0.859. The molecule has 0 radical (unpaired) electrons. The molecule has 6 nitrogen and oxygen atoms in total. The van der Waals surface area contributed by atoms with Gasteiger partial charge in [0.25, 0.3) is 0 Å². The van der Waals surface area contributed by atoms with Gasteiger partial charge in [0.1, 0.15) is 0 Å². The van der Waals surface area contributed by atoms with Crippen molar-refractivity contribution < 1.29 is 46.2 Å². The zero-order valence-corrected chi connectivity index (χ0v) is 14.0. The molecule has 0 atom stereocenters. The van der Waals surface area contributed by atoms with Gasteiger partial charge in [-0.2, -0.15) is 17.6 Å². The third-order valence-electron chi connectivity index (χ3n) is 2.50. The second kappa shape index (κ2) is 6.48. The van der Waals surface area contributed by atoms with E-state index in [0.717, 1.165) is 0 Å². The van der Waals surface area contributed by atoms with Gasteiger partial charge in [0.2, 0.25) is 0 Å². The van der Waals surface area contributed by atoms with Crippen LogP contribution in [0.3, 0.4) is 0 Å². The van der Waals surface area contributed by atoms with Crippen molar-refractivity contribution in [2.45, 2.75) is 53.4 Å². The van der Waals surface area contributed by atoms with Crippen LogP contribution in [0.2, 0.25) is 0 Å². The molecule has 0 amide bonds. The third-order valence-corrected chi connectivity index (χ3v) is 2.50. The molecule has 0 heterocycles. The number of ether oxygens (including phenoxy) is 2. The fraction of sp³-hybridized carbons (Fsp3) is 0.714. The van der Waals surface area contributed by atoms with E-state index in [-0.39, 0.29) is 0 Å². The van der Waals surface area contributed by atoms with Crippen LogP contribution in [-0.2, 0) is 28.7 Å². The van der Waals surface area contributed by atoms with E-state index >= 15 is 0 Å². The normalized spacial score (nSPS) is 13.2. The van der Waals surface area contributed by atoms with Crippen molar-refractivity contribution in [2.24, 2.45) is 10.8 Å². The van der Waals surface area contributed by atoms with E-state index in [1.165, 1.54) is 41.5 Å². The zero-order valence-electron chi connectivity index (χ0n) is 14.0. The summed E-state index contributed by atoms with van der Waals surface area (Å²) in [6, 6.07) is 0. The quantitative estimate of drug-likeness (QED) is 0.438. The molecule has 0 aliphatic carbocycles. The summed E-state index contributed by atoms with van der Waals surface area (Å²) in [5.41, 5.74) is -2.85. The lowest BCUT2D eigenvalue weighted by molar-refractivity contribution is -0.238. The van der Waals surface area contributed by atoms with Gasteiger partial charge in [-0.05, 0) is 41.5 Å². The Morgan fingerprint density at radius 1 is 0.542 bits per heavy atom.